The fraction of sp³-hybridized carbons (Fsp3) is 0.444. The van der Waals surface area contributed by atoms with E-state index >= 15 is 0 Å². The maximum Gasteiger partial charge on any atom is 0.407 e. The highest BCUT2D eigenvalue weighted by molar-refractivity contribution is 5.86. The van der Waals surface area contributed by atoms with Crippen molar-refractivity contribution in [2.45, 2.75) is 57.5 Å². The molecule has 180 valence electrons. The zero-order valence-electron chi connectivity index (χ0n) is 19.7. The minimum Gasteiger partial charge on any atom is -0.480 e. The molecule has 2 aromatic rings. The molecule has 2 amide bonds. The number of carboxylic acid groups (broad SMARTS) is 1. The molecule has 0 radical (unpaired) electrons. The van der Waals surface area contributed by atoms with Crippen molar-refractivity contribution in [3.63, 3.8) is 0 Å². The fourth-order valence-electron chi connectivity index (χ4n) is 5.36. The monoisotopic (exact) mass is 464 g/mol. The Morgan fingerprint density at radius 2 is 1.62 bits per heavy atom. The first-order valence-electron chi connectivity index (χ1n) is 12.1. The molecule has 0 bridgehead atoms. The summed E-state index contributed by atoms with van der Waals surface area (Å²) in [5.41, 5.74) is 4.61. The summed E-state index contributed by atoms with van der Waals surface area (Å²) in [7, 11) is 0. The van der Waals surface area contributed by atoms with Crippen LogP contribution >= 0.6 is 0 Å². The molecule has 34 heavy (non-hydrogen) atoms. The first kappa shape index (κ1) is 23.8. The van der Waals surface area contributed by atoms with Gasteiger partial charge in [0.05, 0.1) is 5.92 Å². The highest BCUT2D eigenvalue weighted by Crippen LogP contribution is 2.44. The van der Waals surface area contributed by atoms with Crippen LogP contribution in [0.15, 0.2) is 48.5 Å². The van der Waals surface area contributed by atoms with Gasteiger partial charge in [-0.1, -0.05) is 61.4 Å². The number of carbonyl (C=O) groups excluding carboxylic acids is 2. The van der Waals surface area contributed by atoms with Gasteiger partial charge in [-0.15, -0.1) is 0 Å². The first-order valence-corrected chi connectivity index (χ1v) is 12.1. The number of alkyl carbamates (subject to hydrolysis) is 1. The van der Waals surface area contributed by atoms with Gasteiger partial charge in [-0.3, -0.25) is 4.79 Å². The molecule has 2 aromatic carbocycles. The third-order valence-corrected chi connectivity index (χ3v) is 7.18. The number of aliphatic carboxylic acids is 1. The normalized spacial score (nSPS) is 20.1. The van der Waals surface area contributed by atoms with E-state index in [9.17, 15) is 19.5 Å². The summed E-state index contributed by atoms with van der Waals surface area (Å²) in [4.78, 5) is 38.8. The second kappa shape index (κ2) is 10.3. The zero-order valence-corrected chi connectivity index (χ0v) is 19.7. The highest BCUT2D eigenvalue weighted by atomic mass is 16.5. The third-order valence-electron chi connectivity index (χ3n) is 7.18. The van der Waals surface area contributed by atoms with Gasteiger partial charge in [-0.25, -0.2) is 9.59 Å². The number of hydrogen-bond acceptors (Lipinski definition) is 4. The van der Waals surface area contributed by atoms with E-state index in [1.165, 1.54) is 11.8 Å². The molecule has 0 spiro atoms. The van der Waals surface area contributed by atoms with Gasteiger partial charge in [0.25, 0.3) is 0 Å². The maximum atomic E-state index is 13.2. The van der Waals surface area contributed by atoms with Crippen LogP contribution in [0.1, 0.15) is 56.6 Å². The summed E-state index contributed by atoms with van der Waals surface area (Å²) in [5.74, 6) is -1.74. The average molecular weight is 465 g/mol. The molecule has 2 N–H and O–H groups in total. The number of nitrogens with one attached hydrogen (secondary N) is 1. The maximum absolute atomic E-state index is 13.2. The van der Waals surface area contributed by atoms with Crippen molar-refractivity contribution in [3.05, 3.63) is 59.7 Å². The smallest absolute Gasteiger partial charge is 0.407 e. The predicted octanol–water partition coefficient (Wildman–Crippen LogP) is 4.41. The molecule has 7 nitrogen and oxygen atoms in total. The van der Waals surface area contributed by atoms with Gasteiger partial charge in [-0.2, -0.15) is 0 Å². The van der Waals surface area contributed by atoms with Crippen molar-refractivity contribution in [1.82, 2.24) is 10.2 Å². The summed E-state index contributed by atoms with van der Waals surface area (Å²) in [6.45, 7) is 3.80. The lowest BCUT2D eigenvalue weighted by Gasteiger charge is -2.36. The molecule has 4 rings (SSSR count). The van der Waals surface area contributed by atoms with E-state index in [1.54, 1.807) is 6.92 Å². The van der Waals surface area contributed by atoms with Crippen LogP contribution < -0.4 is 5.32 Å². The second-order valence-corrected chi connectivity index (χ2v) is 9.11. The third kappa shape index (κ3) is 4.65. The molecule has 0 heterocycles. The molecule has 2 aliphatic carbocycles. The van der Waals surface area contributed by atoms with Crippen molar-refractivity contribution in [3.8, 4) is 11.1 Å². The minimum absolute atomic E-state index is 0.0334. The number of likely N-dealkylation sites (N-methyl/N-ethyl adjacent to an activating group) is 1. The minimum atomic E-state index is -1.04. The molecule has 2 aliphatic rings. The number of rotatable bonds is 7. The van der Waals surface area contributed by atoms with Gasteiger partial charge < -0.3 is 20.1 Å². The van der Waals surface area contributed by atoms with Crippen molar-refractivity contribution < 1.29 is 24.2 Å². The molecule has 0 aliphatic heterocycles. The van der Waals surface area contributed by atoms with Crippen LogP contribution in [0.25, 0.3) is 11.1 Å². The summed E-state index contributed by atoms with van der Waals surface area (Å²) in [5, 5.41) is 12.3. The number of fused-ring (bicyclic) bond motifs is 3. The number of benzene rings is 2. The standard InChI is InChI=1S/C27H32N2O5/c1-3-29(17(2)26(31)32)25(30)22-14-8-9-15-24(22)28-27(33)34-16-23-20-12-6-4-10-18(20)19-11-5-7-13-21(19)23/h4-7,10-13,17,22-24H,3,8-9,14-16H2,1-2H3,(H,28,33)(H,31,32)/t17?,22-,24+/m1/s1. The van der Waals surface area contributed by atoms with Crippen molar-refractivity contribution >= 4 is 18.0 Å². The van der Waals surface area contributed by atoms with E-state index in [1.807, 2.05) is 24.3 Å². The van der Waals surface area contributed by atoms with Gasteiger partial charge >= 0.3 is 12.1 Å². The molecule has 3 atom stereocenters. The lowest BCUT2D eigenvalue weighted by Crippen LogP contribution is -2.53. The van der Waals surface area contributed by atoms with Crippen LogP contribution in [0.2, 0.25) is 0 Å². The second-order valence-electron chi connectivity index (χ2n) is 9.11. The van der Waals surface area contributed by atoms with Crippen LogP contribution in [-0.4, -0.2) is 53.2 Å². The van der Waals surface area contributed by atoms with Crippen molar-refractivity contribution in [2.24, 2.45) is 5.92 Å². The first-order chi connectivity index (χ1) is 16.4. The largest absolute Gasteiger partial charge is 0.480 e. The Labute approximate surface area is 200 Å². The molecule has 0 aromatic heterocycles. The van der Waals surface area contributed by atoms with Crippen molar-refractivity contribution in [2.75, 3.05) is 13.2 Å². The Balaban J connectivity index is 1.42. The Bertz CT molecular complexity index is 1020. The molecule has 1 fully saturated rings. The quantitative estimate of drug-likeness (QED) is 0.633. The molecule has 0 saturated heterocycles. The number of ether oxygens (including phenoxy) is 1. The summed E-state index contributed by atoms with van der Waals surface area (Å²) in [6.07, 6.45) is 2.52. The Kier molecular flexibility index (Phi) is 7.20. The fourth-order valence-corrected chi connectivity index (χ4v) is 5.36. The number of carbonyl (C=O) groups is 3. The molecular formula is C27H32N2O5. The topological polar surface area (TPSA) is 95.9 Å². The Hall–Kier alpha value is -3.35. The lowest BCUT2D eigenvalue weighted by atomic mass is 9.83. The van der Waals surface area contributed by atoms with E-state index in [2.05, 4.69) is 29.6 Å². The van der Waals surface area contributed by atoms with E-state index < -0.39 is 24.0 Å². The van der Waals surface area contributed by atoms with E-state index in [0.717, 1.165) is 35.1 Å². The van der Waals surface area contributed by atoms with Crippen LogP contribution in [0.3, 0.4) is 0 Å². The predicted molar refractivity (Wildman–Crippen MR) is 128 cm³/mol. The average Bonchev–Trinajstić information content (AvgIpc) is 3.17. The van der Waals surface area contributed by atoms with E-state index in [0.29, 0.717) is 19.4 Å². The summed E-state index contributed by atoms with van der Waals surface area (Å²) in [6, 6.07) is 15.0. The van der Waals surface area contributed by atoms with Crippen molar-refractivity contribution in [1.29, 1.82) is 0 Å². The lowest BCUT2D eigenvalue weighted by molar-refractivity contribution is -0.152. The summed E-state index contributed by atoms with van der Waals surface area (Å²) < 4.78 is 5.67. The summed E-state index contributed by atoms with van der Waals surface area (Å²) >= 11 is 0. The zero-order chi connectivity index (χ0) is 24.2. The van der Waals surface area contributed by atoms with Gasteiger partial charge in [-0.05, 0) is 48.9 Å². The molecule has 1 saturated carbocycles. The van der Waals surface area contributed by atoms with Crippen LogP contribution in [0.4, 0.5) is 4.79 Å². The molecular weight excluding hydrogens is 432 g/mol. The number of amides is 2. The van der Waals surface area contributed by atoms with Crippen LogP contribution in [0, 0.1) is 5.92 Å². The number of nitrogens with zero attached hydrogens (tertiary/aromatic N) is 1. The Morgan fingerprint density at radius 3 is 2.21 bits per heavy atom. The molecule has 7 heteroatoms. The van der Waals surface area contributed by atoms with Gasteiger partial charge in [0.2, 0.25) is 5.91 Å². The molecule has 1 unspecified atom stereocenters. The van der Waals surface area contributed by atoms with Gasteiger partial charge in [0.1, 0.15) is 12.6 Å². The van der Waals surface area contributed by atoms with Crippen LogP contribution in [0.5, 0.6) is 0 Å². The van der Waals surface area contributed by atoms with Crippen LogP contribution in [-0.2, 0) is 14.3 Å². The van der Waals surface area contributed by atoms with Gasteiger partial charge in [0.15, 0.2) is 0 Å². The number of hydrogen-bond donors (Lipinski definition) is 2. The SMILES string of the molecule is CCN(C(=O)[C@@H]1CCCC[C@@H]1NC(=O)OCC1c2ccccc2-c2ccccc21)C(C)C(=O)O. The van der Waals surface area contributed by atoms with E-state index in [-0.39, 0.29) is 24.5 Å². The Morgan fingerprint density at radius 1 is 1.03 bits per heavy atom. The van der Waals surface area contributed by atoms with Gasteiger partial charge in [0, 0.05) is 18.5 Å². The highest BCUT2D eigenvalue weighted by Gasteiger charge is 2.37. The number of carboxylic acids is 1. The van der Waals surface area contributed by atoms with E-state index in [4.69, 9.17) is 4.74 Å².